The van der Waals surface area contributed by atoms with Gasteiger partial charge in [-0.2, -0.15) is 0 Å². The molecular weight excluding hydrogens is 252 g/mol. The molecule has 0 radical (unpaired) electrons. The maximum atomic E-state index is 6.09. The highest BCUT2D eigenvalue weighted by molar-refractivity contribution is 6.33. The van der Waals surface area contributed by atoms with Crippen LogP contribution >= 0.6 is 11.6 Å². The molecule has 1 heterocycles. The summed E-state index contributed by atoms with van der Waals surface area (Å²) in [6.45, 7) is 2.01. The zero-order chi connectivity index (χ0) is 12.8. The van der Waals surface area contributed by atoms with Gasteiger partial charge in [-0.05, 0) is 12.1 Å². The Morgan fingerprint density at radius 1 is 1.39 bits per heavy atom. The average Bonchev–Trinajstić information content (AvgIpc) is 2.84. The minimum absolute atomic E-state index is 0.577. The third-order valence-electron chi connectivity index (χ3n) is 2.45. The molecule has 0 bridgehead atoms. The van der Waals surface area contributed by atoms with Gasteiger partial charge >= 0.3 is 0 Å². The molecule has 5 heteroatoms. The summed E-state index contributed by atoms with van der Waals surface area (Å²) in [7, 11) is 1.67. The van der Waals surface area contributed by atoms with Crippen LogP contribution in [0.1, 0.15) is 5.89 Å². The summed E-state index contributed by atoms with van der Waals surface area (Å²) in [5, 5.41) is 3.83. The zero-order valence-corrected chi connectivity index (χ0v) is 10.9. The number of ether oxygens (including phenoxy) is 1. The predicted molar refractivity (Wildman–Crippen MR) is 70.5 cm³/mol. The van der Waals surface area contributed by atoms with Gasteiger partial charge in [-0.25, -0.2) is 4.98 Å². The number of halogens is 1. The molecule has 1 aromatic carbocycles. The molecule has 0 aliphatic heterocycles. The number of nitrogens with zero attached hydrogens (tertiary/aromatic N) is 1. The first-order valence-electron chi connectivity index (χ1n) is 5.70. The van der Waals surface area contributed by atoms with Crippen molar-refractivity contribution < 1.29 is 9.15 Å². The molecule has 1 N–H and O–H groups in total. The molecular formula is C13H15ClN2O2. The Bertz CT molecular complexity index is 499. The highest BCUT2D eigenvalue weighted by atomic mass is 35.5. The molecule has 4 nitrogen and oxygen atoms in total. The fourth-order valence-corrected chi connectivity index (χ4v) is 1.78. The van der Waals surface area contributed by atoms with E-state index in [1.165, 1.54) is 0 Å². The topological polar surface area (TPSA) is 47.3 Å². The lowest BCUT2D eigenvalue weighted by Gasteiger charge is -2.01. The predicted octanol–water partition coefficient (Wildman–Crippen LogP) is 2.73. The number of nitrogens with one attached hydrogen (secondary N) is 1. The summed E-state index contributed by atoms with van der Waals surface area (Å²) in [6, 6.07) is 7.54. The van der Waals surface area contributed by atoms with Crippen LogP contribution in [-0.4, -0.2) is 25.2 Å². The third kappa shape index (κ3) is 3.32. The van der Waals surface area contributed by atoms with E-state index in [1.54, 1.807) is 13.3 Å². The minimum atomic E-state index is 0.577. The Balaban J connectivity index is 2.00. The van der Waals surface area contributed by atoms with E-state index in [4.69, 9.17) is 20.8 Å². The number of rotatable bonds is 6. The average molecular weight is 267 g/mol. The van der Waals surface area contributed by atoms with Gasteiger partial charge in [0.1, 0.15) is 0 Å². The van der Waals surface area contributed by atoms with Crippen molar-refractivity contribution >= 4 is 11.6 Å². The number of aromatic nitrogens is 1. The Morgan fingerprint density at radius 2 is 2.22 bits per heavy atom. The maximum Gasteiger partial charge on any atom is 0.208 e. The summed E-state index contributed by atoms with van der Waals surface area (Å²) >= 11 is 6.09. The van der Waals surface area contributed by atoms with Gasteiger partial charge in [0.05, 0.1) is 24.4 Å². The second-order valence-corrected chi connectivity index (χ2v) is 4.17. The molecule has 0 atom stereocenters. The first-order valence-corrected chi connectivity index (χ1v) is 6.08. The quantitative estimate of drug-likeness (QED) is 0.817. The van der Waals surface area contributed by atoms with E-state index in [9.17, 15) is 0 Å². The fraction of sp³-hybridized carbons (Fsp3) is 0.308. The van der Waals surface area contributed by atoms with E-state index in [0.717, 1.165) is 12.1 Å². The molecule has 96 valence electrons. The molecule has 0 saturated heterocycles. The molecule has 0 fully saturated rings. The van der Waals surface area contributed by atoms with E-state index in [1.807, 2.05) is 24.3 Å². The van der Waals surface area contributed by atoms with Crippen LogP contribution in [-0.2, 0) is 11.3 Å². The lowest BCUT2D eigenvalue weighted by atomic mass is 10.2. The van der Waals surface area contributed by atoms with E-state index >= 15 is 0 Å². The molecule has 0 aliphatic rings. The molecule has 0 spiro atoms. The Kier molecular flexibility index (Phi) is 4.75. The smallest absolute Gasteiger partial charge is 0.208 e. The van der Waals surface area contributed by atoms with E-state index in [-0.39, 0.29) is 0 Å². The van der Waals surface area contributed by atoms with Crippen LogP contribution in [0.2, 0.25) is 5.02 Å². The van der Waals surface area contributed by atoms with Crippen molar-refractivity contribution in [3.8, 4) is 11.3 Å². The van der Waals surface area contributed by atoms with E-state index in [2.05, 4.69) is 10.3 Å². The first-order chi connectivity index (χ1) is 8.81. The molecule has 0 aliphatic carbocycles. The second-order valence-electron chi connectivity index (χ2n) is 3.77. The minimum Gasteiger partial charge on any atom is -0.439 e. The molecule has 1 aromatic heterocycles. The summed E-state index contributed by atoms with van der Waals surface area (Å²) in [4.78, 5) is 4.20. The largest absolute Gasteiger partial charge is 0.439 e. The van der Waals surface area contributed by atoms with Gasteiger partial charge in [0, 0.05) is 19.2 Å². The number of hydrogen-bond acceptors (Lipinski definition) is 4. The standard InChI is InChI=1S/C13H15ClN2O2/c1-17-7-6-15-9-13-16-8-12(18-13)10-4-2-3-5-11(10)14/h2-5,8,15H,6-7,9H2,1H3. The van der Waals surface area contributed by atoms with E-state index < -0.39 is 0 Å². The van der Waals surface area contributed by atoms with Crippen LogP contribution in [0.25, 0.3) is 11.3 Å². The van der Waals surface area contributed by atoms with Crippen LogP contribution in [0.4, 0.5) is 0 Å². The highest BCUT2D eigenvalue weighted by Crippen LogP contribution is 2.27. The van der Waals surface area contributed by atoms with Crippen molar-refractivity contribution in [2.45, 2.75) is 6.54 Å². The van der Waals surface area contributed by atoms with Crippen molar-refractivity contribution in [2.75, 3.05) is 20.3 Å². The fourth-order valence-electron chi connectivity index (χ4n) is 1.55. The number of hydrogen-bond donors (Lipinski definition) is 1. The van der Waals surface area contributed by atoms with Gasteiger partial charge in [-0.15, -0.1) is 0 Å². The van der Waals surface area contributed by atoms with Crippen LogP contribution in [0, 0.1) is 0 Å². The molecule has 0 saturated carbocycles. The van der Waals surface area contributed by atoms with Crippen molar-refractivity contribution in [3.05, 3.63) is 41.4 Å². The van der Waals surface area contributed by atoms with Gasteiger partial charge in [-0.1, -0.05) is 23.7 Å². The van der Waals surface area contributed by atoms with Gasteiger partial charge in [0.2, 0.25) is 5.89 Å². The van der Waals surface area contributed by atoms with Crippen molar-refractivity contribution in [1.82, 2.24) is 10.3 Å². The van der Waals surface area contributed by atoms with Crippen molar-refractivity contribution in [3.63, 3.8) is 0 Å². The Labute approximate surface area is 111 Å². The monoisotopic (exact) mass is 266 g/mol. The molecule has 0 unspecified atom stereocenters. The number of benzene rings is 1. The van der Waals surface area contributed by atoms with Gasteiger partial charge in [-0.3, -0.25) is 0 Å². The maximum absolute atomic E-state index is 6.09. The van der Waals surface area contributed by atoms with Crippen molar-refractivity contribution in [1.29, 1.82) is 0 Å². The highest BCUT2D eigenvalue weighted by Gasteiger charge is 2.08. The molecule has 0 amide bonds. The second kappa shape index (κ2) is 6.54. The Morgan fingerprint density at radius 3 is 3.00 bits per heavy atom. The van der Waals surface area contributed by atoms with Crippen LogP contribution < -0.4 is 5.32 Å². The molecule has 2 rings (SSSR count). The van der Waals surface area contributed by atoms with Gasteiger partial charge < -0.3 is 14.5 Å². The lowest BCUT2D eigenvalue weighted by Crippen LogP contribution is -2.18. The lowest BCUT2D eigenvalue weighted by molar-refractivity contribution is 0.198. The number of oxazole rings is 1. The zero-order valence-electron chi connectivity index (χ0n) is 10.1. The third-order valence-corrected chi connectivity index (χ3v) is 2.78. The summed E-state index contributed by atoms with van der Waals surface area (Å²) < 4.78 is 10.6. The van der Waals surface area contributed by atoms with Crippen LogP contribution in [0.3, 0.4) is 0 Å². The number of methoxy groups -OCH3 is 1. The van der Waals surface area contributed by atoms with Crippen molar-refractivity contribution in [2.24, 2.45) is 0 Å². The summed E-state index contributed by atoms with van der Waals surface area (Å²) in [6.07, 6.45) is 1.69. The first kappa shape index (κ1) is 13.1. The van der Waals surface area contributed by atoms with Gasteiger partial charge in [0.25, 0.3) is 0 Å². The molecule has 18 heavy (non-hydrogen) atoms. The SMILES string of the molecule is COCCNCc1ncc(-c2ccccc2Cl)o1. The Hall–Kier alpha value is -1.36. The van der Waals surface area contributed by atoms with E-state index in [0.29, 0.717) is 29.8 Å². The van der Waals surface area contributed by atoms with Crippen LogP contribution in [0.15, 0.2) is 34.9 Å². The van der Waals surface area contributed by atoms with Crippen LogP contribution in [0.5, 0.6) is 0 Å². The normalized spacial score (nSPS) is 10.8. The summed E-state index contributed by atoms with van der Waals surface area (Å²) in [5.74, 6) is 1.32. The molecule has 2 aromatic rings. The van der Waals surface area contributed by atoms with Gasteiger partial charge in [0.15, 0.2) is 5.76 Å². The summed E-state index contributed by atoms with van der Waals surface area (Å²) in [5.41, 5.74) is 0.856.